The maximum Gasteiger partial charge on any atom is 0.416 e. The van der Waals surface area contributed by atoms with Crippen LogP contribution in [0.1, 0.15) is 18.1 Å². The van der Waals surface area contributed by atoms with Gasteiger partial charge in [0.2, 0.25) is 0 Å². The molecule has 1 saturated heterocycles. The fraction of sp³-hybridized carbons (Fsp3) is 0.562. The lowest BCUT2D eigenvalue weighted by Gasteiger charge is -2.32. The molecule has 0 spiro atoms. The maximum atomic E-state index is 12.7. The van der Waals surface area contributed by atoms with E-state index in [0.717, 1.165) is 32.2 Å². The molecule has 4 nitrogen and oxygen atoms in total. The molecule has 0 unspecified atom stereocenters. The SMILES string of the molecule is CNC(=O)[C@H](C)[NH+]1CC[NH+](Cc2cccc(C(F)(F)F)c2)CC1. The van der Waals surface area contributed by atoms with Crippen molar-refractivity contribution >= 4 is 5.91 Å². The summed E-state index contributed by atoms with van der Waals surface area (Å²) >= 11 is 0. The van der Waals surface area contributed by atoms with E-state index in [9.17, 15) is 18.0 Å². The van der Waals surface area contributed by atoms with Crippen LogP contribution < -0.4 is 15.1 Å². The van der Waals surface area contributed by atoms with Crippen LogP contribution in [0.25, 0.3) is 0 Å². The number of likely N-dealkylation sites (N-methyl/N-ethyl adjacent to an activating group) is 1. The minimum absolute atomic E-state index is 0.0290. The average molecular weight is 331 g/mol. The highest BCUT2D eigenvalue weighted by atomic mass is 19.4. The molecule has 1 atom stereocenters. The van der Waals surface area contributed by atoms with Crippen LogP contribution in [0, 0.1) is 0 Å². The molecule has 1 amide bonds. The first kappa shape index (κ1) is 17.7. The van der Waals surface area contributed by atoms with E-state index in [1.165, 1.54) is 21.9 Å². The van der Waals surface area contributed by atoms with E-state index < -0.39 is 11.7 Å². The Morgan fingerprint density at radius 3 is 2.48 bits per heavy atom. The number of quaternary nitrogens is 2. The van der Waals surface area contributed by atoms with Crippen LogP contribution in [0.5, 0.6) is 0 Å². The minimum Gasteiger partial charge on any atom is -0.354 e. The number of hydrogen-bond donors (Lipinski definition) is 3. The normalized spacial score (nSPS) is 23.3. The first-order valence-corrected chi connectivity index (χ1v) is 7.87. The molecule has 0 aromatic heterocycles. The van der Waals surface area contributed by atoms with E-state index >= 15 is 0 Å². The van der Waals surface area contributed by atoms with Crippen molar-refractivity contribution in [3.63, 3.8) is 0 Å². The predicted molar refractivity (Wildman–Crippen MR) is 80.1 cm³/mol. The van der Waals surface area contributed by atoms with Gasteiger partial charge in [-0.05, 0) is 19.1 Å². The van der Waals surface area contributed by atoms with E-state index in [4.69, 9.17) is 0 Å². The molecular formula is C16H24F3N3O+2. The fourth-order valence-corrected chi connectivity index (χ4v) is 3.08. The quantitative estimate of drug-likeness (QED) is 0.659. The maximum absolute atomic E-state index is 12.7. The second-order valence-electron chi connectivity index (χ2n) is 6.12. The monoisotopic (exact) mass is 331 g/mol. The zero-order valence-electron chi connectivity index (χ0n) is 13.5. The molecule has 1 aromatic carbocycles. The van der Waals surface area contributed by atoms with Crippen LogP contribution >= 0.6 is 0 Å². The summed E-state index contributed by atoms with van der Waals surface area (Å²) in [4.78, 5) is 14.2. The third-order valence-electron chi connectivity index (χ3n) is 4.56. The number of halogens is 3. The number of amides is 1. The molecule has 23 heavy (non-hydrogen) atoms. The highest BCUT2D eigenvalue weighted by molar-refractivity contribution is 5.79. The van der Waals surface area contributed by atoms with Gasteiger partial charge in [-0.2, -0.15) is 13.2 Å². The Kier molecular flexibility index (Phi) is 5.64. The Hall–Kier alpha value is -1.60. The number of piperazine rings is 1. The molecule has 0 radical (unpaired) electrons. The largest absolute Gasteiger partial charge is 0.416 e. The van der Waals surface area contributed by atoms with Gasteiger partial charge < -0.3 is 15.1 Å². The van der Waals surface area contributed by atoms with Crippen LogP contribution in [-0.4, -0.2) is 45.2 Å². The van der Waals surface area contributed by atoms with E-state index in [1.807, 2.05) is 6.92 Å². The van der Waals surface area contributed by atoms with E-state index in [-0.39, 0.29) is 11.9 Å². The summed E-state index contributed by atoms with van der Waals surface area (Å²) in [5.74, 6) is 0.0290. The molecule has 0 aliphatic carbocycles. The van der Waals surface area contributed by atoms with Gasteiger partial charge in [0.1, 0.15) is 32.7 Å². The smallest absolute Gasteiger partial charge is 0.354 e. The second-order valence-corrected chi connectivity index (χ2v) is 6.12. The van der Waals surface area contributed by atoms with Crippen LogP contribution in [0.3, 0.4) is 0 Å². The zero-order valence-corrected chi connectivity index (χ0v) is 13.5. The van der Waals surface area contributed by atoms with Crippen LogP contribution in [0.2, 0.25) is 0 Å². The zero-order chi connectivity index (χ0) is 17.0. The summed E-state index contributed by atoms with van der Waals surface area (Å²) in [6, 6.07) is 5.46. The summed E-state index contributed by atoms with van der Waals surface area (Å²) < 4.78 is 38.2. The van der Waals surface area contributed by atoms with E-state index in [2.05, 4.69) is 5.32 Å². The molecule has 2 rings (SSSR count). The van der Waals surface area contributed by atoms with Crippen molar-refractivity contribution in [1.82, 2.24) is 5.32 Å². The Labute approximate surface area is 134 Å². The molecule has 128 valence electrons. The summed E-state index contributed by atoms with van der Waals surface area (Å²) in [5, 5.41) is 2.66. The summed E-state index contributed by atoms with van der Waals surface area (Å²) in [7, 11) is 1.63. The lowest BCUT2D eigenvalue weighted by Crippen LogP contribution is -3.29. The van der Waals surface area contributed by atoms with Gasteiger partial charge in [0.25, 0.3) is 5.91 Å². The van der Waals surface area contributed by atoms with Gasteiger partial charge in [-0.25, -0.2) is 0 Å². The molecular weight excluding hydrogens is 307 g/mol. The molecule has 1 fully saturated rings. The Morgan fingerprint density at radius 2 is 1.91 bits per heavy atom. The van der Waals surface area contributed by atoms with Gasteiger partial charge in [-0.15, -0.1) is 0 Å². The molecule has 7 heteroatoms. The van der Waals surface area contributed by atoms with E-state index in [0.29, 0.717) is 12.1 Å². The van der Waals surface area contributed by atoms with Crippen LogP contribution in [0.15, 0.2) is 24.3 Å². The van der Waals surface area contributed by atoms with Gasteiger partial charge in [-0.1, -0.05) is 12.1 Å². The standard InChI is InChI=1S/C16H22F3N3O/c1-12(15(23)20-2)22-8-6-21(7-9-22)11-13-4-3-5-14(10-13)16(17,18)19/h3-5,10,12H,6-9,11H2,1-2H3,(H,20,23)/p+2/t12-/m0/s1. The lowest BCUT2D eigenvalue weighted by molar-refractivity contribution is -1.02. The molecule has 3 N–H and O–H groups in total. The second kappa shape index (κ2) is 7.31. The minimum atomic E-state index is -4.29. The average Bonchev–Trinajstić information content (AvgIpc) is 2.53. The van der Waals surface area contributed by atoms with Crippen molar-refractivity contribution in [2.24, 2.45) is 0 Å². The molecule has 1 aliphatic heterocycles. The number of benzene rings is 1. The van der Waals surface area contributed by atoms with Gasteiger partial charge in [0, 0.05) is 12.6 Å². The van der Waals surface area contributed by atoms with Gasteiger partial charge >= 0.3 is 6.18 Å². The predicted octanol–water partition coefficient (Wildman–Crippen LogP) is -0.877. The molecule has 0 saturated carbocycles. The number of carbonyl (C=O) groups is 1. The number of rotatable bonds is 4. The van der Waals surface area contributed by atoms with Crippen molar-refractivity contribution < 1.29 is 27.8 Å². The van der Waals surface area contributed by atoms with Gasteiger partial charge in [-0.3, -0.25) is 4.79 Å². The summed E-state index contributed by atoms with van der Waals surface area (Å²) in [6.45, 7) is 5.91. The molecule has 1 aromatic rings. The van der Waals surface area contributed by atoms with Gasteiger partial charge in [0.05, 0.1) is 5.56 Å². The van der Waals surface area contributed by atoms with E-state index in [1.54, 1.807) is 13.1 Å². The van der Waals surface area contributed by atoms with Crippen molar-refractivity contribution in [3.8, 4) is 0 Å². The summed E-state index contributed by atoms with van der Waals surface area (Å²) in [5.41, 5.74) is 0.115. The summed E-state index contributed by atoms with van der Waals surface area (Å²) in [6.07, 6.45) is -4.29. The van der Waals surface area contributed by atoms with Crippen molar-refractivity contribution in [2.45, 2.75) is 25.7 Å². The fourth-order valence-electron chi connectivity index (χ4n) is 3.08. The first-order chi connectivity index (χ1) is 10.8. The van der Waals surface area contributed by atoms with Crippen molar-refractivity contribution in [1.29, 1.82) is 0 Å². The van der Waals surface area contributed by atoms with Crippen molar-refractivity contribution in [3.05, 3.63) is 35.4 Å². The Morgan fingerprint density at radius 1 is 1.26 bits per heavy atom. The highest BCUT2D eigenvalue weighted by Crippen LogP contribution is 2.29. The molecule has 1 aliphatic rings. The number of hydrogen-bond acceptors (Lipinski definition) is 1. The third-order valence-corrected chi connectivity index (χ3v) is 4.56. The van der Waals surface area contributed by atoms with Crippen molar-refractivity contribution in [2.75, 3.05) is 33.2 Å². The van der Waals surface area contributed by atoms with Crippen LogP contribution in [-0.2, 0) is 17.5 Å². The first-order valence-electron chi connectivity index (χ1n) is 7.87. The number of alkyl halides is 3. The van der Waals surface area contributed by atoms with Crippen LogP contribution in [0.4, 0.5) is 13.2 Å². The van der Waals surface area contributed by atoms with Gasteiger partial charge in [0.15, 0.2) is 6.04 Å². The Balaban J connectivity index is 1.91. The highest BCUT2D eigenvalue weighted by Gasteiger charge is 2.32. The number of nitrogens with one attached hydrogen (secondary N) is 3. The molecule has 1 heterocycles. The number of carbonyl (C=O) groups excluding carboxylic acids is 1. The Bertz CT molecular complexity index is 540. The molecule has 0 bridgehead atoms. The lowest BCUT2D eigenvalue weighted by atomic mass is 10.1. The third kappa shape index (κ3) is 4.68. The topological polar surface area (TPSA) is 38.0 Å².